The van der Waals surface area contributed by atoms with Crippen LogP contribution in [0.3, 0.4) is 0 Å². The van der Waals surface area contributed by atoms with Crippen LogP contribution in [0, 0.1) is 5.92 Å². The Kier molecular flexibility index (Phi) is 4.19. The van der Waals surface area contributed by atoms with Gasteiger partial charge < -0.3 is 11.5 Å². The van der Waals surface area contributed by atoms with E-state index in [2.05, 4.69) is 13.0 Å². The molecule has 0 saturated heterocycles. The van der Waals surface area contributed by atoms with Gasteiger partial charge in [0.25, 0.3) is 0 Å². The Morgan fingerprint density at radius 3 is 2.38 bits per heavy atom. The standard InChI is InChI=1S/C9H15ClN2S/c1-6(7(4-11)5-12)8-2-3-9(10)13-8/h2-3,6-7H,4-5,11-12H2,1H3. The van der Waals surface area contributed by atoms with Crippen molar-refractivity contribution in [2.24, 2.45) is 17.4 Å². The summed E-state index contributed by atoms with van der Waals surface area (Å²) in [6.45, 7) is 3.41. The zero-order chi connectivity index (χ0) is 9.84. The molecule has 0 amide bonds. The Morgan fingerprint density at radius 2 is 2.00 bits per heavy atom. The van der Waals surface area contributed by atoms with Gasteiger partial charge in [-0.15, -0.1) is 11.3 Å². The second-order valence-electron chi connectivity index (χ2n) is 3.16. The highest BCUT2D eigenvalue weighted by Gasteiger charge is 2.17. The lowest BCUT2D eigenvalue weighted by Gasteiger charge is -2.19. The van der Waals surface area contributed by atoms with Crippen molar-refractivity contribution in [3.8, 4) is 0 Å². The highest BCUT2D eigenvalue weighted by molar-refractivity contribution is 7.16. The summed E-state index contributed by atoms with van der Waals surface area (Å²) in [5.74, 6) is 0.766. The highest BCUT2D eigenvalue weighted by Crippen LogP contribution is 2.31. The van der Waals surface area contributed by atoms with Gasteiger partial charge in [0.05, 0.1) is 4.34 Å². The van der Waals surface area contributed by atoms with Crippen molar-refractivity contribution in [2.75, 3.05) is 13.1 Å². The van der Waals surface area contributed by atoms with E-state index in [1.165, 1.54) is 4.88 Å². The Balaban J connectivity index is 2.71. The first-order chi connectivity index (χ1) is 6.19. The van der Waals surface area contributed by atoms with Crippen LogP contribution in [0.15, 0.2) is 12.1 Å². The molecular weight excluding hydrogens is 204 g/mol. The monoisotopic (exact) mass is 218 g/mol. The molecule has 1 aromatic heterocycles. The lowest BCUT2D eigenvalue weighted by molar-refractivity contribution is 0.472. The van der Waals surface area contributed by atoms with Crippen molar-refractivity contribution in [3.05, 3.63) is 21.3 Å². The third-order valence-corrected chi connectivity index (χ3v) is 3.79. The molecule has 74 valence electrons. The van der Waals surface area contributed by atoms with Gasteiger partial charge in [-0.05, 0) is 37.1 Å². The Morgan fingerprint density at radius 1 is 1.38 bits per heavy atom. The van der Waals surface area contributed by atoms with E-state index in [-0.39, 0.29) is 0 Å². The van der Waals surface area contributed by atoms with Crippen LogP contribution in [0.2, 0.25) is 4.34 Å². The minimum atomic E-state index is 0.356. The Labute approximate surface area is 87.9 Å². The smallest absolute Gasteiger partial charge is 0.0931 e. The zero-order valence-corrected chi connectivity index (χ0v) is 9.24. The fraction of sp³-hybridized carbons (Fsp3) is 0.556. The van der Waals surface area contributed by atoms with Gasteiger partial charge in [-0.2, -0.15) is 0 Å². The van der Waals surface area contributed by atoms with E-state index in [9.17, 15) is 0 Å². The SMILES string of the molecule is CC(c1ccc(Cl)s1)C(CN)CN. The number of hydrogen-bond donors (Lipinski definition) is 2. The molecule has 0 spiro atoms. The zero-order valence-electron chi connectivity index (χ0n) is 7.66. The third kappa shape index (κ3) is 2.68. The van der Waals surface area contributed by atoms with E-state index < -0.39 is 0 Å². The Bertz CT molecular complexity index is 258. The van der Waals surface area contributed by atoms with E-state index >= 15 is 0 Å². The topological polar surface area (TPSA) is 52.0 Å². The van der Waals surface area contributed by atoms with Crippen molar-refractivity contribution in [3.63, 3.8) is 0 Å². The van der Waals surface area contributed by atoms with Gasteiger partial charge in [0, 0.05) is 4.88 Å². The normalized spacial score (nSPS) is 13.6. The molecule has 0 bridgehead atoms. The predicted octanol–water partition coefficient (Wildman–Crippen LogP) is 2.04. The molecule has 4 heteroatoms. The molecule has 0 radical (unpaired) electrons. The lowest BCUT2D eigenvalue weighted by atomic mass is 9.93. The molecule has 1 heterocycles. The third-order valence-electron chi connectivity index (χ3n) is 2.36. The summed E-state index contributed by atoms with van der Waals surface area (Å²) in [4.78, 5) is 1.27. The summed E-state index contributed by atoms with van der Waals surface area (Å²) >= 11 is 7.46. The molecule has 13 heavy (non-hydrogen) atoms. The van der Waals surface area contributed by atoms with Gasteiger partial charge in [-0.1, -0.05) is 18.5 Å². The number of nitrogens with two attached hydrogens (primary N) is 2. The van der Waals surface area contributed by atoms with Crippen LogP contribution < -0.4 is 11.5 Å². The van der Waals surface area contributed by atoms with E-state index in [1.54, 1.807) is 11.3 Å². The maximum absolute atomic E-state index is 5.85. The first kappa shape index (κ1) is 11.0. The summed E-state index contributed by atoms with van der Waals surface area (Å²) < 4.78 is 0.828. The first-order valence-electron chi connectivity index (χ1n) is 4.34. The van der Waals surface area contributed by atoms with Crippen LogP contribution in [-0.4, -0.2) is 13.1 Å². The largest absolute Gasteiger partial charge is 0.330 e. The molecule has 0 saturated carbocycles. The van der Waals surface area contributed by atoms with E-state index in [4.69, 9.17) is 23.1 Å². The van der Waals surface area contributed by atoms with Gasteiger partial charge in [0.15, 0.2) is 0 Å². The van der Waals surface area contributed by atoms with Crippen molar-refractivity contribution in [1.82, 2.24) is 0 Å². The quantitative estimate of drug-likeness (QED) is 0.813. The van der Waals surface area contributed by atoms with Gasteiger partial charge in [-0.3, -0.25) is 0 Å². The molecule has 1 aromatic rings. The van der Waals surface area contributed by atoms with Crippen molar-refractivity contribution in [1.29, 1.82) is 0 Å². The summed E-state index contributed by atoms with van der Waals surface area (Å²) in [6, 6.07) is 3.97. The van der Waals surface area contributed by atoms with Gasteiger partial charge in [0.1, 0.15) is 0 Å². The maximum Gasteiger partial charge on any atom is 0.0931 e. The van der Waals surface area contributed by atoms with E-state index in [0.717, 1.165) is 4.34 Å². The fourth-order valence-corrected chi connectivity index (χ4v) is 2.52. The predicted molar refractivity (Wildman–Crippen MR) is 59.3 cm³/mol. The molecule has 2 nitrogen and oxygen atoms in total. The van der Waals surface area contributed by atoms with E-state index in [0.29, 0.717) is 24.9 Å². The van der Waals surface area contributed by atoms with Gasteiger partial charge >= 0.3 is 0 Å². The molecule has 0 aliphatic carbocycles. The van der Waals surface area contributed by atoms with E-state index in [1.807, 2.05) is 6.07 Å². The molecule has 1 rings (SSSR count). The van der Waals surface area contributed by atoms with Crippen LogP contribution >= 0.6 is 22.9 Å². The maximum atomic E-state index is 5.85. The number of hydrogen-bond acceptors (Lipinski definition) is 3. The van der Waals surface area contributed by atoms with Crippen molar-refractivity contribution < 1.29 is 0 Å². The minimum Gasteiger partial charge on any atom is -0.330 e. The summed E-state index contributed by atoms with van der Waals surface area (Å²) in [5, 5.41) is 0. The molecule has 0 aromatic carbocycles. The molecule has 0 aliphatic rings. The van der Waals surface area contributed by atoms with Crippen LogP contribution in [0.25, 0.3) is 0 Å². The second-order valence-corrected chi connectivity index (χ2v) is 4.91. The van der Waals surface area contributed by atoms with Crippen LogP contribution in [-0.2, 0) is 0 Å². The molecule has 0 fully saturated rings. The number of thiophene rings is 1. The second kappa shape index (κ2) is 4.96. The highest BCUT2D eigenvalue weighted by atomic mass is 35.5. The van der Waals surface area contributed by atoms with Crippen LogP contribution in [0.4, 0.5) is 0 Å². The summed E-state index contributed by atoms with van der Waals surface area (Å²) in [6.07, 6.45) is 0. The molecule has 1 atom stereocenters. The van der Waals surface area contributed by atoms with Crippen molar-refractivity contribution >= 4 is 22.9 Å². The van der Waals surface area contributed by atoms with Crippen LogP contribution in [0.5, 0.6) is 0 Å². The first-order valence-corrected chi connectivity index (χ1v) is 5.53. The molecule has 0 aliphatic heterocycles. The molecule has 1 unspecified atom stereocenters. The molecule has 4 N–H and O–H groups in total. The fourth-order valence-electron chi connectivity index (χ4n) is 1.31. The minimum absolute atomic E-state index is 0.356. The average molecular weight is 219 g/mol. The van der Waals surface area contributed by atoms with Crippen LogP contribution in [0.1, 0.15) is 17.7 Å². The number of rotatable bonds is 4. The summed E-state index contributed by atoms with van der Waals surface area (Å²) in [7, 11) is 0. The number of halogens is 1. The lowest BCUT2D eigenvalue weighted by Crippen LogP contribution is -2.27. The van der Waals surface area contributed by atoms with Crippen molar-refractivity contribution in [2.45, 2.75) is 12.8 Å². The molecular formula is C9H15ClN2S. The average Bonchev–Trinajstić information content (AvgIpc) is 2.54. The van der Waals surface area contributed by atoms with Gasteiger partial charge in [0.2, 0.25) is 0 Å². The summed E-state index contributed by atoms with van der Waals surface area (Å²) in [5.41, 5.74) is 11.2. The Hall–Kier alpha value is -0.0900. The van der Waals surface area contributed by atoms with Gasteiger partial charge in [-0.25, -0.2) is 0 Å².